The van der Waals surface area contributed by atoms with Crippen LogP contribution in [0, 0.1) is 5.82 Å². The average Bonchev–Trinajstić information content (AvgIpc) is 2.74. The molecule has 4 N–H and O–H groups in total. The van der Waals surface area contributed by atoms with E-state index in [4.69, 9.17) is 5.73 Å². The second-order valence-electron chi connectivity index (χ2n) is 7.64. The molecule has 0 aliphatic carbocycles. The van der Waals surface area contributed by atoms with Crippen LogP contribution in [0.15, 0.2) is 55.1 Å². The third-order valence-electron chi connectivity index (χ3n) is 5.90. The molecule has 3 aromatic carbocycles. The van der Waals surface area contributed by atoms with E-state index in [1.165, 1.54) is 6.07 Å². The van der Waals surface area contributed by atoms with E-state index in [1.807, 2.05) is 24.3 Å². The highest BCUT2D eigenvalue weighted by molar-refractivity contribution is 5.95. The van der Waals surface area contributed by atoms with E-state index in [-0.39, 0.29) is 23.2 Å². The minimum absolute atomic E-state index is 0.136. The smallest absolute Gasteiger partial charge is 0.158 e. The summed E-state index contributed by atoms with van der Waals surface area (Å²) in [6.07, 6.45) is 1.67. The first kappa shape index (κ1) is 19.3. The lowest BCUT2D eigenvalue weighted by molar-refractivity contribution is 0.296. The van der Waals surface area contributed by atoms with Gasteiger partial charge in [0, 0.05) is 30.9 Å². The quantitative estimate of drug-likeness (QED) is 0.563. The summed E-state index contributed by atoms with van der Waals surface area (Å²) in [6.45, 7) is 6.24. The van der Waals surface area contributed by atoms with Crippen LogP contribution in [-0.2, 0) is 6.54 Å². The molecule has 0 spiro atoms. The molecular weight excluding hydrogens is 367 g/mol. The van der Waals surface area contributed by atoms with Gasteiger partial charge in [-0.2, -0.15) is 0 Å². The third-order valence-corrected chi connectivity index (χ3v) is 5.90. The molecule has 0 bridgehead atoms. The standard InChI is InChI=1S/C24H25FN2O2/c1-15(19-4-2-3-18-12-23(28)24(29)13-20(18)19)27-9-7-17(8-10-27)21-11-16(14-26)5-6-22(21)25/h2-6,11-13,17,28-29H,1,7-10,14,26H2. The number of aromatic hydroxyl groups is 2. The molecule has 0 saturated carbocycles. The zero-order valence-corrected chi connectivity index (χ0v) is 16.2. The van der Waals surface area contributed by atoms with Crippen LogP contribution in [0.2, 0.25) is 0 Å². The van der Waals surface area contributed by atoms with Crippen molar-refractivity contribution < 1.29 is 14.6 Å². The average molecular weight is 392 g/mol. The van der Waals surface area contributed by atoms with Gasteiger partial charge in [-0.25, -0.2) is 4.39 Å². The van der Waals surface area contributed by atoms with Crippen LogP contribution in [-0.4, -0.2) is 28.2 Å². The molecule has 4 nitrogen and oxygen atoms in total. The summed E-state index contributed by atoms with van der Waals surface area (Å²) in [5, 5.41) is 21.4. The summed E-state index contributed by atoms with van der Waals surface area (Å²) < 4.78 is 14.3. The van der Waals surface area contributed by atoms with E-state index in [0.717, 1.165) is 59.1 Å². The summed E-state index contributed by atoms with van der Waals surface area (Å²) in [6, 6.07) is 14.1. The Morgan fingerprint density at radius 3 is 2.52 bits per heavy atom. The van der Waals surface area contributed by atoms with E-state index in [0.29, 0.717) is 6.54 Å². The van der Waals surface area contributed by atoms with Crippen molar-refractivity contribution in [1.82, 2.24) is 4.90 Å². The van der Waals surface area contributed by atoms with Crippen LogP contribution >= 0.6 is 0 Å². The highest BCUT2D eigenvalue weighted by atomic mass is 19.1. The number of phenols is 2. The van der Waals surface area contributed by atoms with Gasteiger partial charge in [-0.3, -0.25) is 0 Å². The van der Waals surface area contributed by atoms with Crippen molar-refractivity contribution in [2.24, 2.45) is 5.73 Å². The van der Waals surface area contributed by atoms with E-state index < -0.39 is 0 Å². The monoisotopic (exact) mass is 392 g/mol. The number of nitrogens with two attached hydrogens (primary N) is 1. The summed E-state index contributed by atoms with van der Waals surface area (Å²) in [4.78, 5) is 2.21. The highest BCUT2D eigenvalue weighted by Crippen LogP contribution is 2.37. The SMILES string of the molecule is C=C(c1cccc2cc(O)c(O)cc12)N1CCC(c2cc(CN)ccc2F)CC1. The fourth-order valence-electron chi connectivity index (χ4n) is 4.22. The van der Waals surface area contributed by atoms with Gasteiger partial charge in [0.05, 0.1) is 0 Å². The lowest BCUT2D eigenvalue weighted by atomic mass is 9.87. The molecule has 0 radical (unpaired) electrons. The van der Waals surface area contributed by atoms with Crippen molar-refractivity contribution in [3.63, 3.8) is 0 Å². The maximum absolute atomic E-state index is 14.3. The van der Waals surface area contributed by atoms with E-state index >= 15 is 0 Å². The van der Waals surface area contributed by atoms with Crippen molar-refractivity contribution in [3.8, 4) is 11.5 Å². The second kappa shape index (κ2) is 7.76. The zero-order valence-electron chi connectivity index (χ0n) is 16.2. The number of fused-ring (bicyclic) bond motifs is 1. The Balaban J connectivity index is 1.54. The van der Waals surface area contributed by atoms with Gasteiger partial charge >= 0.3 is 0 Å². The Bertz CT molecular complexity index is 1070. The van der Waals surface area contributed by atoms with Crippen LogP contribution in [0.25, 0.3) is 16.5 Å². The van der Waals surface area contributed by atoms with Gasteiger partial charge < -0.3 is 20.8 Å². The van der Waals surface area contributed by atoms with Gasteiger partial charge in [0.25, 0.3) is 0 Å². The molecule has 4 rings (SSSR count). The number of likely N-dealkylation sites (tertiary alicyclic amines) is 1. The molecule has 1 heterocycles. The lowest BCUT2D eigenvalue weighted by Crippen LogP contribution is -2.31. The predicted molar refractivity (Wildman–Crippen MR) is 114 cm³/mol. The van der Waals surface area contributed by atoms with Gasteiger partial charge in [0.2, 0.25) is 0 Å². The van der Waals surface area contributed by atoms with E-state index in [9.17, 15) is 14.6 Å². The molecule has 0 atom stereocenters. The van der Waals surface area contributed by atoms with Crippen LogP contribution in [0.1, 0.15) is 35.4 Å². The number of hydrogen-bond acceptors (Lipinski definition) is 4. The molecule has 1 fully saturated rings. The first-order valence-electron chi connectivity index (χ1n) is 9.85. The number of benzene rings is 3. The van der Waals surface area contributed by atoms with Crippen LogP contribution in [0.5, 0.6) is 11.5 Å². The van der Waals surface area contributed by atoms with Crippen molar-refractivity contribution >= 4 is 16.5 Å². The third kappa shape index (κ3) is 3.66. The number of phenolic OH excluding ortho intramolecular Hbond substituents is 2. The molecule has 0 aromatic heterocycles. The molecule has 0 unspecified atom stereocenters. The summed E-state index contributed by atoms with van der Waals surface area (Å²) >= 11 is 0. The Labute approximate surface area is 169 Å². The number of halogens is 1. The van der Waals surface area contributed by atoms with Crippen molar-refractivity contribution in [2.45, 2.75) is 25.3 Å². The largest absolute Gasteiger partial charge is 0.504 e. The van der Waals surface area contributed by atoms with Crippen molar-refractivity contribution in [2.75, 3.05) is 13.1 Å². The first-order valence-corrected chi connectivity index (χ1v) is 9.85. The van der Waals surface area contributed by atoms with Gasteiger partial charge in [-0.1, -0.05) is 36.9 Å². The maximum atomic E-state index is 14.3. The number of piperidine rings is 1. The molecule has 3 aromatic rings. The fraction of sp³-hybridized carbons (Fsp3) is 0.250. The summed E-state index contributed by atoms with van der Waals surface area (Å²) in [5.41, 5.74) is 9.21. The molecule has 0 amide bonds. The van der Waals surface area contributed by atoms with E-state index in [2.05, 4.69) is 11.5 Å². The zero-order chi connectivity index (χ0) is 20.5. The maximum Gasteiger partial charge on any atom is 0.158 e. The molecular formula is C24H25FN2O2. The number of nitrogens with zero attached hydrogens (tertiary/aromatic N) is 1. The molecule has 1 saturated heterocycles. The summed E-state index contributed by atoms with van der Waals surface area (Å²) in [5.74, 6) is -0.280. The predicted octanol–water partition coefficient (Wildman–Crippen LogP) is 4.70. The molecule has 5 heteroatoms. The molecule has 1 aliphatic rings. The van der Waals surface area contributed by atoms with Gasteiger partial charge in [0.1, 0.15) is 5.82 Å². The van der Waals surface area contributed by atoms with Crippen molar-refractivity contribution in [3.05, 3.63) is 77.6 Å². The highest BCUT2D eigenvalue weighted by Gasteiger charge is 2.24. The van der Waals surface area contributed by atoms with Crippen LogP contribution in [0.4, 0.5) is 4.39 Å². The minimum atomic E-state index is -0.163. The van der Waals surface area contributed by atoms with E-state index in [1.54, 1.807) is 18.2 Å². The number of rotatable bonds is 4. The number of hydrogen-bond donors (Lipinski definition) is 3. The lowest BCUT2D eigenvalue weighted by Gasteiger charge is -2.35. The van der Waals surface area contributed by atoms with Gasteiger partial charge in [-0.15, -0.1) is 0 Å². The second-order valence-corrected chi connectivity index (χ2v) is 7.64. The van der Waals surface area contributed by atoms with Gasteiger partial charge in [0.15, 0.2) is 11.5 Å². The molecule has 1 aliphatic heterocycles. The van der Waals surface area contributed by atoms with Crippen molar-refractivity contribution in [1.29, 1.82) is 0 Å². The van der Waals surface area contributed by atoms with Crippen LogP contribution < -0.4 is 5.73 Å². The Kier molecular flexibility index (Phi) is 5.16. The summed E-state index contributed by atoms with van der Waals surface area (Å²) in [7, 11) is 0. The minimum Gasteiger partial charge on any atom is -0.504 e. The Morgan fingerprint density at radius 2 is 1.79 bits per heavy atom. The topological polar surface area (TPSA) is 69.7 Å². The normalized spacial score (nSPS) is 15.0. The van der Waals surface area contributed by atoms with Crippen LogP contribution in [0.3, 0.4) is 0 Å². The Morgan fingerprint density at radius 1 is 1.07 bits per heavy atom. The Hall–Kier alpha value is -3.05. The molecule has 150 valence electrons. The fourth-order valence-corrected chi connectivity index (χ4v) is 4.22. The first-order chi connectivity index (χ1) is 14.0. The molecule has 29 heavy (non-hydrogen) atoms. The van der Waals surface area contributed by atoms with Gasteiger partial charge in [-0.05, 0) is 58.9 Å².